The molecule has 0 radical (unpaired) electrons. The molecule has 2 aliphatic rings. The Kier molecular flexibility index (Phi) is 5.57. The van der Waals surface area contributed by atoms with Crippen LogP contribution >= 0.6 is 0 Å². The van der Waals surface area contributed by atoms with Gasteiger partial charge < -0.3 is 19.7 Å². The molecule has 3 aromatic rings. The number of rotatable bonds is 6. The predicted octanol–water partition coefficient (Wildman–Crippen LogP) is 3.78. The van der Waals surface area contributed by atoms with Crippen molar-refractivity contribution >= 4 is 17.6 Å². The predicted molar refractivity (Wildman–Crippen MR) is 125 cm³/mol. The van der Waals surface area contributed by atoms with E-state index in [0.717, 1.165) is 28.5 Å². The Bertz CT molecular complexity index is 1400. The van der Waals surface area contributed by atoms with E-state index in [9.17, 15) is 14.9 Å². The number of carbonyl (C=O) groups excluding carboxylic acids is 1. The van der Waals surface area contributed by atoms with Crippen LogP contribution in [-0.4, -0.2) is 33.7 Å². The van der Waals surface area contributed by atoms with Crippen molar-refractivity contribution in [3.05, 3.63) is 71.1 Å². The van der Waals surface area contributed by atoms with Crippen molar-refractivity contribution in [2.75, 3.05) is 11.9 Å². The van der Waals surface area contributed by atoms with Gasteiger partial charge in [-0.25, -0.2) is 4.79 Å². The summed E-state index contributed by atoms with van der Waals surface area (Å²) in [6.45, 7) is 2.25. The van der Waals surface area contributed by atoms with Crippen LogP contribution in [0, 0.1) is 24.2 Å². The van der Waals surface area contributed by atoms with Gasteiger partial charge in [0.15, 0.2) is 0 Å². The Labute approximate surface area is 201 Å². The molecule has 1 fully saturated rings. The van der Waals surface area contributed by atoms with Crippen LogP contribution in [0.5, 0.6) is 5.75 Å². The molecular weight excluding hydrogens is 448 g/mol. The number of carboxylic acid groups (broad SMARTS) is 1. The van der Waals surface area contributed by atoms with E-state index in [1.54, 1.807) is 25.1 Å². The molecule has 2 heterocycles. The summed E-state index contributed by atoms with van der Waals surface area (Å²) in [5.41, 5.74) is 3.06. The van der Waals surface area contributed by atoms with Crippen molar-refractivity contribution in [2.45, 2.75) is 31.6 Å². The molecule has 1 aliphatic carbocycles. The van der Waals surface area contributed by atoms with Crippen molar-refractivity contribution in [1.29, 1.82) is 5.26 Å². The zero-order chi connectivity index (χ0) is 24.6. The number of aryl methyl sites for hydroxylation is 1. The standard InChI is InChI=1S/C26H22N4O5/c1-15-28-24(30-35-15)18-7-8-22-19(12-18)26(9-10-34-22)13-20(26)25(33)29-21-11-16(14-27)5-6-17(21)3-2-4-23(31)32/h2,4-8,11-12,20H,3,9-10,13H2,1H3,(H,29,33)(H,31,32)/t20-,26-/m0/s1. The lowest BCUT2D eigenvalue weighted by Crippen LogP contribution is -2.27. The summed E-state index contributed by atoms with van der Waals surface area (Å²) < 4.78 is 11.0. The summed E-state index contributed by atoms with van der Waals surface area (Å²) in [7, 11) is 0. The summed E-state index contributed by atoms with van der Waals surface area (Å²) in [5, 5.41) is 25.1. The summed E-state index contributed by atoms with van der Waals surface area (Å²) in [6, 6.07) is 12.8. The number of nitrogens with zero attached hydrogens (tertiary/aromatic N) is 3. The van der Waals surface area contributed by atoms with Crippen molar-refractivity contribution < 1.29 is 24.0 Å². The average molecular weight is 470 g/mol. The molecule has 9 nitrogen and oxygen atoms in total. The van der Waals surface area contributed by atoms with E-state index in [1.165, 1.54) is 6.08 Å². The third-order valence-corrected chi connectivity index (χ3v) is 6.59. The molecule has 0 saturated heterocycles. The third-order valence-electron chi connectivity index (χ3n) is 6.59. The summed E-state index contributed by atoms with van der Waals surface area (Å²) in [5.74, 6) is 0.262. The Morgan fingerprint density at radius 1 is 1.31 bits per heavy atom. The molecule has 9 heteroatoms. The largest absolute Gasteiger partial charge is 0.493 e. The molecule has 0 bridgehead atoms. The van der Waals surface area contributed by atoms with Crippen molar-refractivity contribution in [3.8, 4) is 23.2 Å². The lowest BCUT2D eigenvalue weighted by atomic mass is 9.86. The van der Waals surface area contributed by atoms with Gasteiger partial charge in [-0.1, -0.05) is 17.3 Å². The van der Waals surface area contributed by atoms with Gasteiger partial charge in [-0.3, -0.25) is 4.79 Å². The SMILES string of the molecule is Cc1nc(-c2ccc3c(c2)[C@]2(CCO3)C[C@H]2C(=O)Nc2cc(C#N)ccc2CC=CC(=O)O)no1. The van der Waals surface area contributed by atoms with Gasteiger partial charge in [-0.2, -0.15) is 10.2 Å². The second-order valence-electron chi connectivity index (χ2n) is 8.78. The number of carbonyl (C=O) groups is 2. The minimum absolute atomic E-state index is 0.141. The monoisotopic (exact) mass is 470 g/mol. The van der Waals surface area contributed by atoms with Crippen LogP contribution < -0.4 is 10.1 Å². The van der Waals surface area contributed by atoms with Crippen LogP contribution in [-0.2, 0) is 21.4 Å². The van der Waals surface area contributed by atoms with Crippen LogP contribution in [0.1, 0.15) is 35.4 Å². The number of benzene rings is 2. The smallest absolute Gasteiger partial charge is 0.327 e. The van der Waals surface area contributed by atoms with Crippen molar-refractivity contribution in [1.82, 2.24) is 10.1 Å². The molecule has 1 amide bonds. The maximum Gasteiger partial charge on any atom is 0.327 e. The van der Waals surface area contributed by atoms with E-state index in [2.05, 4.69) is 21.5 Å². The maximum atomic E-state index is 13.4. The maximum absolute atomic E-state index is 13.4. The second kappa shape index (κ2) is 8.72. The number of anilines is 1. The number of aliphatic carboxylic acids is 1. The Morgan fingerprint density at radius 3 is 2.91 bits per heavy atom. The number of carboxylic acids is 1. The van der Waals surface area contributed by atoms with Crippen LogP contribution in [0.3, 0.4) is 0 Å². The van der Waals surface area contributed by atoms with E-state index >= 15 is 0 Å². The minimum Gasteiger partial charge on any atom is -0.493 e. The topological polar surface area (TPSA) is 138 Å². The van der Waals surface area contributed by atoms with Gasteiger partial charge in [0.1, 0.15) is 5.75 Å². The fourth-order valence-electron chi connectivity index (χ4n) is 4.75. The van der Waals surface area contributed by atoms with Crippen LogP contribution in [0.2, 0.25) is 0 Å². The molecule has 35 heavy (non-hydrogen) atoms. The molecule has 2 N–H and O–H groups in total. The van der Waals surface area contributed by atoms with Crippen LogP contribution in [0.15, 0.2) is 53.1 Å². The highest BCUT2D eigenvalue weighted by atomic mass is 16.5. The first-order chi connectivity index (χ1) is 16.9. The molecule has 1 aromatic heterocycles. The minimum atomic E-state index is -1.04. The molecule has 1 spiro atoms. The number of hydrogen-bond donors (Lipinski definition) is 2. The normalized spacial score (nSPS) is 20.2. The molecule has 2 aromatic carbocycles. The number of nitriles is 1. The Balaban J connectivity index is 1.40. The van der Waals surface area contributed by atoms with Gasteiger partial charge in [0, 0.05) is 41.1 Å². The summed E-state index contributed by atoms with van der Waals surface area (Å²) in [4.78, 5) is 28.5. The number of ether oxygens (including phenoxy) is 1. The number of fused-ring (bicyclic) bond motifs is 2. The fourth-order valence-corrected chi connectivity index (χ4v) is 4.75. The van der Waals surface area contributed by atoms with E-state index in [0.29, 0.717) is 48.8 Å². The Morgan fingerprint density at radius 2 is 2.17 bits per heavy atom. The van der Waals surface area contributed by atoms with Gasteiger partial charge in [0.05, 0.1) is 18.2 Å². The highest BCUT2D eigenvalue weighted by Gasteiger charge is 2.61. The molecule has 5 rings (SSSR count). The first-order valence-corrected chi connectivity index (χ1v) is 11.2. The van der Waals surface area contributed by atoms with Gasteiger partial charge in [-0.05, 0) is 55.2 Å². The summed E-state index contributed by atoms with van der Waals surface area (Å²) >= 11 is 0. The fraction of sp³-hybridized carbons (Fsp3) is 0.269. The zero-order valence-electron chi connectivity index (χ0n) is 18.9. The number of amides is 1. The lowest BCUT2D eigenvalue weighted by Gasteiger charge is -2.27. The highest BCUT2D eigenvalue weighted by molar-refractivity contribution is 5.97. The third kappa shape index (κ3) is 4.26. The van der Waals surface area contributed by atoms with E-state index in [-0.39, 0.29) is 17.2 Å². The van der Waals surface area contributed by atoms with Gasteiger partial charge in [-0.15, -0.1) is 0 Å². The van der Waals surface area contributed by atoms with Crippen molar-refractivity contribution in [3.63, 3.8) is 0 Å². The molecule has 1 saturated carbocycles. The van der Waals surface area contributed by atoms with E-state index in [1.807, 2.05) is 18.2 Å². The number of hydrogen-bond acceptors (Lipinski definition) is 7. The zero-order valence-corrected chi connectivity index (χ0v) is 18.9. The summed E-state index contributed by atoms with van der Waals surface area (Å²) in [6.07, 6.45) is 4.26. The lowest BCUT2D eigenvalue weighted by molar-refractivity contribution is -0.131. The highest BCUT2D eigenvalue weighted by Crippen LogP contribution is 2.61. The first-order valence-electron chi connectivity index (χ1n) is 11.2. The molecule has 1 aliphatic heterocycles. The quantitative estimate of drug-likeness (QED) is 0.519. The van der Waals surface area contributed by atoms with Gasteiger partial charge in [0.25, 0.3) is 0 Å². The van der Waals surface area contributed by atoms with Crippen molar-refractivity contribution in [2.24, 2.45) is 5.92 Å². The molecule has 2 atom stereocenters. The molecular formula is C26H22N4O5. The van der Waals surface area contributed by atoms with Crippen LogP contribution in [0.4, 0.5) is 5.69 Å². The molecule has 176 valence electrons. The number of aromatic nitrogens is 2. The van der Waals surface area contributed by atoms with Gasteiger partial charge >= 0.3 is 5.97 Å². The average Bonchev–Trinajstić information content (AvgIpc) is 3.40. The van der Waals surface area contributed by atoms with E-state index in [4.69, 9.17) is 14.4 Å². The number of nitrogens with one attached hydrogen (secondary N) is 1. The molecule has 0 unspecified atom stereocenters. The van der Waals surface area contributed by atoms with Gasteiger partial charge in [0.2, 0.25) is 17.6 Å². The second-order valence-corrected chi connectivity index (χ2v) is 8.78. The first kappa shape index (κ1) is 22.3. The number of allylic oxidation sites excluding steroid dienone is 1. The van der Waals surface area contributed by atoms with E-state index < -0.39 is 5.97 Å². The van der Waals surface area contributed by atoms with Crippen LogP contribution in [0.25, 0.3) is 11.4 Å². The Hall–Kier alpha value is -4.45.